The molecule has 1 aliphatic rings. The molecule has 0 amide bonds. The molecule has 0 unspecified atom stereocenters. The molecule has 4 nitrogen and oxygen atoms in total. The van der Waals surface area contributed by atoms with Crippen LogP contribution in [0.3, 0.4) is 0 Å². The fourth-order valence-electron chi connectivity index (χ4n) is 2.17. The molecule has 6 heteroatoms. The van der Waals surface area contributed by atoms with E-state index in [1.807, 2.05) is 27.7 Å². The highest BCUT2D eigenvalue weighted by Crippen LogP contribution is 2.38. The Morgan fingerprint density at radius 3 is 2.32 bits per heavy atom. The van der Waals surface area contributed by atoms with Crippen molar-refractivity contribution in [3.8, 4) is 5.75 Å². The molecule has 1 aromatic rings. The van der Waals surface area contributed by atoms with E-state index in [2.05, 4.69) is 0 Å². The van der Waals surface area contributed by atoms with Crippen LogP contribution in [0.2, 0.25) is 0 Å². The van der Waals surface area contributed by atoms with E-state index in [0.29, 0.717) is 16.8 Å². The molecule has 1 aliphatic heterocycles. The molecule has 0 atom stereocenters. The summed E-state index contributed by atoms with van der Waals surface area (Å²) in [7, 11) is 0.927. The average molecular weight is 307 g/mol. The van der Waals surface area contributed by atoms with Gasteiger partial charge in [0.2, 0.25) is 0 Å². The van der Waals surface area contributed by atoms with Gasteiger partial charge in [0.15, 0.2) is 0 Å². The first-order chi connectivity index (χ1) is 10.2. The highest BCUT2D eigenvalue weighted by Gasteiger charge is 2.52. The molecule has 1 fully saturated rings. The monoisotopic (exact) mass is 307 g/mol. The van der Waals surface area contributed by atoms with Crippen molar-refractivity contribution in [3.63, 3.8) is 0 Å². The molecular weight excluding hydrogens is 284 g/mol. The molecular formula is C16H23BFNO3. The number of ether oxygens (including phenoxy) is 1. The first-order valence-corrected chi connectivity index (χ1v) is 7.30. The number of halogens is 1. The molecule has 0 bridgehead atoms. The summed E-state index contributed by atoms with van der Waals surface area (Å²) in [5, 5.41) is 0. The Labute approximate surface area is 131 Å². The van der Waals surface area contributed by atoms with Crippen molar-refractivity contribution < 1.29 is 18.4 Å². The summed E-state index contributed by atoms with van der Waals surface area (Å²) in [5.41, 5.74) is 6.02. The van der Waals surface area contributed by atoms with Gasteiger partial charge in [0.1, 0.15) is 11.6 Å². The summed E-state index contributed by atoms with van der Waals surface area (Å²) in [6, 6.07) is 4.69. The molecule has 2 rings (SSSR count). The third-order valence-electron chi connectivity index (χ3n) is 4.34. The van der Waals surface area contributed by atoms with E-state index in [1.165, 1.54) is 13.2 Å². The molecule has 2 N–H and O–H groups in total. The first-order valence-electron chi connectivity index (χ1n) is 7.30. The number of nitrogens with two attached hydrogens (primary N) is 1. The van der Waals surface area contributed by atoms with E-state index < -0.39 is 18.3 Å². The smallest absolute Gasteiger partial charge is 0.491 e. The van der Waals surface area contributed by atoms with E-state index in [-0.39, 0.29) is 12.4 Å². The van der Waals surface area contributed by atoms with E-state index in [4.69, 9.17) is 19.8 Å². The van der Waals surface area contributed by atoms with Crippen molar-refractivity contribution in [1.29, 1.82) is 0 Å². The Balaban J connectivity index is 2.29. The summed E-state index contributed by atoms with van der Waals surface area (Å²) in [5.74, 6) is 0.0985. The van der Waals surface area contributed by atoms with Crippen molar-refractivity contribution in [1.82, 2.24) is 0 Å². The molecule has 0 aliphatic carbocycles. The van der Waals surface area contributed by atoms with Crippen molar-refractivity contribution in [2.45, 2.75) is 38.9 Å². The highest BCUT2D eigenvalue weighted by molar-refractivity contribution is 6.55. The third-order valence-corrected chi connectivity index (χ3v) is 4.34. The van der Waals surface area contributed by atoms with Gasteiger partial charge in [-0.05, 0) is 45.3 Å². The van der Waals surface area contributed by atoms with Crippen molar-refractivity contribution in [2.75, 3.05) is 13.7 Å². The predicted octanol–water partition coefficient (Wildman–Crippen LogP) is 2.81. The summed E-state index contributed by atoms with van der Waals surface area (Å²) in [4.78, 5) is 0. The zero-order chi connectivity index (χ0) is 16.5. The van der Waals surface area contributed by atoms with Crippen molar-refractivity contribution in [2.24, 2.45) is 5.73 Å². The minimum absolute atomic E-state index is 0.224. The molecule has 1 aromatic carbocycles. The Kier molecular flexibility index (Phi) is 4.66. The fraction of sp³-hybridized carbons (Fsp3) is 0.500. The van der Waals surface area contributed by atoms with Crippen LogP contribution in [0, 0.1) is 5.82 Å². The second-order valence-corrected chi connectivity index (χ2v) is 6.40. The Bertz CT molecular complexity index is 571. The largest absolute Gasteiger partial charge is 0.497 e. The van der Waals surface area contributed by atoms with E-state index in [0.717, 1.165) is 0 Å². The minimum atomic E-state index is -0.573. The molecule has 1 saturated heterocycles. The predicted molar refractivity (Wildman–Crippen MR) is 86.1 cm³/mol. The highest BCUT2D eigenvalue weighted by atomic mass is 19.1. The van der Waals surface area contributed by atoms with Crippen LogP contribution < -0.4 is 10.5 Å². The Hall–Kier alpha value is -1.37. The standard InChI is InChI=1S/C16H23BFNO3/c1-15(2)16(3,4)22-17(21-15)12(10-19)8-11-6-7-13(20-5)9-14(11)18/h6-9H,10,19H2,1-5H3. The topological polar surface area (TPSA) is 53.7 Å². The molecule has 1 heterocycles. The Morgan fingerprint density at radius 1 is 1.27 bits per heavy atom. The van der Waals surface area contributed by atoms with E-state index in [1.54, 1.807) is 18.2 Å². The normalized spacial score (nSPS) is 20.3. The van der Waals surface area contributed by atoms with Gasteiger partial charge in [-0.15, -0.1) is 0 Å². The van der Waals surface area contributed by atoms with Crippen molar-refractivity contribution >= 4 is 13.2 Å². The lowest BCUT2D eigenvalue weighted by atomic mass is 9.77. The number of benzene rings is 1. The van der Waals surface area contributed by atoms with Gasteiger partial charge >= 0.3 is 7.12 Å². The van der Waals surface area contributed by atoms with Gasteiger partial charge in [0.25, 0.3) is 0 Å². The molecule has 22 heavy (non-hydrogen) atoms. The van der Waals surface area contributed by atoms with Crippen LogP contribution >= 0.6 is 0 Å². The Morgan fingerprint density at radius 2 is 1.86 bits per heavy atom. The maximum Gasteiger partial charge on any atom is 0.491 e. The van der Waals surface area contributed by atoms with Crippen LogP contribution in [0.25, 0.3) is 6.08 Å². The van der Waals surface area contributed by atoms with Gasteiger partial charge in [0, 0.05) is 18.2 Å². The minimum Gasteiger partial charge on any atom is -0.497 e. The molecule has 0 aromatic heterocycles. The molecule has 0 radical (unpaired) electrons. The number of hydrogen-bond acceptors (Lipinski definition) is 4. The van der Waals surface area contributed by atoms with Gasteiger partial charge in [-0.3, -0.25) is 0 Å². The summed E-state index contributed by atoms with van der Waals surface area (Å²) in [6.07, 6.45) is 1.68. The quantitative estimate of drug-likeness (QED) is 0.869. The third kappa shape index (κ3) is 3.19. The SMILES string of the molecule is COc1ccc(C=C(CN)B2OC(C)(C)C(C)(C)O2)c(F)c1. The van der Waals surface area contributed by atoms with Crippen LogP contribution in [-0.2, 0) is 9.31 Å². The van der Waals surface area contributed by atoms with Crippen LogP contribution in [0.5, 0.6) is 5.75 Å². The lowest BCUT2D eigenvalue weighted by Gasteiger charge is -2.32. The maximum absolute atomic E-state index is 14.1. The zero-order valence-corrected chi connectivity index (χ0v) is 13.8. The summed E-state index contributed by atoms with van der Waals surface area (Å²) in [6.45, 7) is 8.09. The lowest BCUT2D eigenvalue weighted by molar-refractivity contribution is 0.00578. The molecule has 0 saturated carbocycles. The first kappa shape index (κ1) is 17.0. The molecule has 0 spiro atoms. The second kappa shape index (κ2) is 6.03. The number of hydrogen-bond donors (Lipinski definition) is 1. The van der Waals surface area contributed by atoms with E-state index in [9.17, 15) is 4.39 Å². The van der Waals surface area contributed by atoms with Crippen LogP contribution in [-0.4, -0.2) is 32.0 Å². The van der Waals surface area contributed by atoms with Crippen LogP contribution in [0.4, 0.5) is 4.39 Å². The van der Waals surface area contributed by atoms with E-state index >= 15 is 0 Å². The van der Waals surface area contributed by atoms with Gasteiger partial charge in [-0.25, -0.2) is 4.39 Å². The van der Waals surface area contributed by atoms with Crippen LogP contribution in [0.15, 0.2) is 23.7 Å². The summed E-state index contributed by atoms with van der Waals surface area (Å²) >= 11 is 0. The zero-order valence-electron chi connectivity index (χ0n) is 13.8. The lowest BCUT2D eigenvalue weighted by Crippen LogP contribution is -2.41. The fourth-order valence-corrected chi connectivity index (χ4v) is 2.17. The van der Waals surface area contributed by atoms with Gasteiger partial charge in [-0.2, -0.15) is 0 Å². The van der Waals surface area contributed by atoms with Gasteiger partial charge in [-0.1, -0.05) is 6.08 Å². The number of rotatable bonds is 4. The average Bonchev–Trinajstić information content (AvgIpc) is 2.65. The second-order valence-electron chi connectivity index (χ2n) is 6.40. The summed E-state index contributed by atoms with van der Waals surface area (Å²) < 4.78 is 31.0. The van der Waals surface area contributed by atoms with Crippen molar-refractivity contribution in [3.05, 3.63) is 35.1 Å². The molecule has 120 valence electrons. The van der Waals surface area contributed by atoms with Gasteiger partial charge in [0.05, 0.1) is 18.3 Å². The van der Waals surface area contributed by atoms with Crippen LogP contribution in [0.1, 0.15) is 33.3 Å². The van der Waals surface area contributed by atoms with Gasteiger partial charge < -0.3 is 19.8 Å². The number of methoxy groups -OCH3 is 1. The maximum atomic E-state index is 14.1.